The van der Waals surface area contributed by atoms with Gasteiger partial charge < -0.3 is 0 Å². The minimum Gasteiger partial charge on any atom is -0.280 e. The lowest BCUT2D eigenvalue weighted by atomic mass is 10.2. The number of nitrogens with one attached hydrogen (secondary N) is 1. The molecule has 3 nitrogen and oxygen atoms in total. The van der Waals surface area contributed by atoms with E-state index in [-0.39, 0.29) is 10.6 Å². The number of benzene rings is 2. The number of anilines is 1. The summed E-state index contributed by atoms with van der Waals surface area (Å²) in [6.07, 6.45) is -3.67. The van der Waals surface area contributed by atoms with Gasteiger partial charge in [-0.2, -0.15) is 13.2 Å². The second-order valence-corrected chi connectivity index (χ2v) is 6.36. The largest absolute Gasteiger partial charge is 0.416 e. The third-order valence-corrected chi connectivity index (χ3v) is 4.50. The minimum absolute atomic E-state index is 0.0598. The summed E-state index contributed by atoms with van der Waals surface area (Å²) in [5, 5.41) is 0. The van der Waals surface area contributed by atoms with Crippen LogP contribution < -0.4 is 4.72 Å². The highest BCUT2D eigenvalue weighted by Gasteiger charge is 2.30. The highest BCUT2D eigenvalue weighted by atomic mass is 32.2. The zero-order valence-corrected chi connectivity index (χ0v) is 12.5. The summed E-state index contributed by atoms with van der Waals surface area (Å²) >= 11 is 0. The van der Waals surface area contributed by atoms with Crippen LogP contribution in [-0.4, -0.2) is 8.42 Å². The Morgan fingerprint density at radius 2 is 1.50 bits per heavy atom. The smallest absolute Gasteiger partial charge is 0.280 e. The van der Waals surface area contributed by atoms with Crippen LogP contribution in [0, 0.1) is 0 Å². The van der Waals surface area contributed by atoms with Gasteiger partial charge in [-0.15, -0.1) is 0 Å². The first kappa shape index (κ1) is 16.4. The molecule has 0 unspecified atom stereocenters. The fraction of sp³-hybridized carbons (Fsp3) is 0.200. The molecule has 0 aliphatic rings. The number of aryl methyl sites for hydroxylation is 1. The summed E-state index contributed by atoms with van der Waals surface area (Å²) in [5.41, 5.74) is 0.240. The summed E-state index contributed by atoms with van der Waals surface area (Å²) in [6.45, 7) is 1.95. The molecule has 0 saturated carbocycles. The predicted octanol–water partition coefficient (Wildman–Crippen LogP) is 4.07. The molecule has 118 valence electrons. The molecular formula is C15H14F3NO2S. The molecule has 2 rings (SSSR count). The van der Waals surface area contributed by atoms with E-state index in [1.165, 1.54) is 12.1 Å². The van der Waals surface area contributed by atoms with Crippen LogP contribution in [0.25, 0.3) is 0 Å². The average molecular weight is 329 g/mol. The van der Waals surface area contributed by atoms with Crippen LogP contribution in [0.5, 0.6) is 0 Å². The lowest BCUT2D eigenvalue weighted by Gasteiger charge is -2.10. The first-order valence-corrected chi connectivity index (χ1v) is 8.00. The molecule has 0 fully saturated rings. The van der Waals surface area contributed by atoms with E-state index in [9.17, 15) is 21.6 Å². The summed E-state index contributed by atoms with van der Waals surface area (Å²) in [7, 11) is -3.82. The Morgan fingerprint density at radius 1 is 0.955 bits per heavy atom. The maximum absolute atomic E-state index is 12.5. The van der Waals surface area contributed by atoms with Gasteiger partial charge in [-0.3, -0.25) is 4.72 Å². The van der Waals surface area contributed by atoms with Gasteiger partial charge >= 0.3 is 6.18 Å². The van der Waals surface area contributed by atoms with Crippen LogP contribution in [0.1, 0.15) is 18.1 Å². The standard InChI is InChI=1S/C15H14F3NO2S/c1-2-11-3-9-14(10-4-11)22(20,21)19-13-7-5-12(6-8-13)15(16,17)18/h3-10,19H,2H2,1H3. The Kier molecular flexibility index (Phi) is 4.46. The molecule has 0 bridgehead atoms. The number of rotatable bonds is 4. The van der Waals surface area contributed by atoms with Crippen molar-refractivity contribution in [3.8, 4) is 0 Å². The molecule has 0 atom stereocenters. The summed E-state index contributed by atoms with van der Waals surface area (Å²) in [6, 6.07) is 10.1. The van der Waals surface area contributed by atoms with Crippen molar-refractivity contribution >= 4 is 15.7 Å². The Bertz CT molecular complexity index is 736. The first-order valence-electron chi connectivity index (χ1n) is 6.51. The molecule has 0 amide bonds. The zero-order chi connectivity index (χ0) is 16.4. The van der Waals surface area contributed by atoms with Gasteiger partial charge in [-0.1, -0.05) is 19.1 Å². The van der Waals surface area contributed by atoms with E-state index in [0.717, 1.165) is 36.2 Å². The van der Waals surface area contributed by atoms with E-state index in [1.54, 1.807) is 12.1 Å². The van der Waals surface area contributed by atoms with Crippen molar-refractivity contribution in [1.29, 1.82) is 0 Å². The molecule has 0 spiro atoms. The van der Waals surface area contributed by atoms with E-state index in [0.29, 0.717) is 0 Å². The molecule has 0 aromatic heterocycles. The molecular weight excluding hydrogens is 315 g/mol. The molecule has 0 aliphatic carbocycles. The molecule has 7 heteroatoms. The third-order valence-electron chi connectivity index (χ3n) is 3.11. The summed E-state index contributed by atoms with van der Waals surface area (Å²) < 4.78 is 63.9. The number of alkyl halides is 3. The average Bonchev–Trinajstić information content (AvgIpc) is 2.46. The topological polar surface area (TPSA) is 46.2 Å². The minimum atomic E-state index is -4.45. The van der Waals surface area contributed by atoms with E-state index < -0.39 is 21.8 Å². The van der Waals surface area contributed by atoms with Crippen molar-refractivity contribution in [1.82, 2.24) is 0 Å². The Morgan fingerprint density at radius 3 is 1.95 bits per heavy atom. The third kappa shape index (κ3) is 3.79. The van der Waals surface area contributed by atoms with Crippen molar-refractivity contribution in [3.63, 3.8) is 0 Å². The van der Waals surface area contributed by atoms with Crippen LogP contribution in [0.3, 0.4) is 0 Å². The SMILES string of the molecule is CCc1ccc(S(=O)(=O)Nc2ccc(C(F)(F)F)cc2)cc1. The molecule has 2 aromatic carbocycles. The van der Waals surface area contributed by atoms with Crippen molar-refractivity contribution in [2.75, 3.05) is 4.72 Å². The number of hydrogen-bond acceptors (Lipinski definition) is 2. The molecule has 0 radical (unpaired) electrons. The molecule has 1 N–H and O–H groups in total. The van der Waals surface area contributed by atoms with Crippen molar-refractivity contribution in [3.05, 3.63) is 59.7 Å². The second-order valence-electron chi connectivity index (χ2n) is 4.68. The normalized spacial score (nSPS) is 12.2. The maximum atomic E-state index is 12.5. The van der Waals surface area contributed by atoms with E-state index in [4.69, 9.17) is 0 Å². The van der Waals surface area contributed by atoms with Gasteiger partial charge in [0.1, 0.15) is 0 Å². The molecule has 0 aliphatic heterocycles. The Balaban J connectivity index is 2.21. The fourth-order valence-electron chi connectivity index (χ4n) is 1.85. The van der Waals surface area contributed by atoms with Gasteiger partial charge in [-0.05, 0) is 48.4 Å². The monoisotopic (exact) mass is 329 g/mol. The summed E-state index contributed by atoms with van der Waals surface area (Å²) in [4.78, 5) is 0.0598. The van der Waals surface area contributed by atoms with Gasteiger partial charge in [0.15, 0.2) is 0 Å². The van der Waals surface area contributed by atoms with Gasteiger partial charge in [0, 0.05) is 5.69 Å². The van der Waals surface area contributed by atoms with E-state index in [1.807, 2.05) is 6.92 Å². The van der Waals surface area contributed by atoms with Crippen molar-refractivity contribution in [2.24, 2.45) is 0 Å². The quantitative estimate of drug-likeness (QED) is 0.919. The number of halogens is 3. The van der Waals surface area contributed by atoms with Gasteiger partial charge in [0.25, 0.3) is 10.0 Å². The number of sulfonamides is 1. The van der Waals surface area contributed by atoms with E-state index in [2.05, 4.69) is 4.72 Å². The van der Waals surface area contributed by atoms with Crippen LogP contribution in [0.15, 0.2) is 53.4 Å². The molecule has 22 heavy (non-hydrogen) atoms. The first-order chi connectivity index (χ1) is 10.2. The Hall–Kier alpha value is -2.02. The maximum Gasteiger partial charge on any atom is 0.416 e. The van der Waals surface area contributed by atoms with Crippen molar-refractivity contribution in [2.45, 2.75) is 24.4 Å². The van der Waals surface area contributed by atoms with Gasteiger partial charge in [-0.25, -0.2) is 8.42 Å². The van der Waals surface area contributed by atoms with Crippen molar-refractivity contribution < 1.29 is 21.6 Å². The van der Waals surface area contributed by atoms with Crippen LogP contribution in [-0.2, 0) is 22.6 Å². The highest BCUT2D eigenvalue weighted by Crippen LogP contribution is 2.30. The highest BCUT2D eigenvalue weighted by molar-refractivity contribution is 7.92. The molecule has 2 aromatic rings. The Labute approximate surface area is 126 Å². The lowest BCUT2D eigenvalue weighted by Crippen LogP contribution is -2.13. The summed E-state index contributed by atoms with van der Waals surface area (Å²) in [5.74, 6) is 0. The van der Waals surface area contributed by atoms with Crippen LogP contribution in [0.2, 0.25) is 0 Å². The van der Waals surface area contributed by atoms with Gasteiger partial charge in [0.2, 0.25) is 0 Å². The van der Waals surface area contributed by atoms with Gasteiger partial charge in [0.05, 0.1) is 10.5 Å². The van der Waals surface area contributed by atoms with Crippen LogP contribution >= 0.6 is 0 Å². The zero-order valence-electron chi connectivity index (χ0n) is 11.7. The fourth-order valence-corrected chi connectivity index (χ4v) is 2.90. The molecule has 0 saturated heterocycles. The van der Waals surface area contributed by atoms with E-state index >= 15 is 0 Å². The second kappa shape index (κ2) is 6.00. The predicted molar refractivity (Wildman–Crippen MR) is 78.1 cm³/mol. The molecule has 0 heterocycles. The lowest BCUT2D eigenvalue weighted by molar-refractivity contribution is -0.137. The van der Waals surface area contributed by atoms with Crippen LogP contribution in [0.4, 0.5) is 18.9 Å². The number of hydrogen-bond donors (Lipinski definition) is 1.